The summed E-state index contributed by atoms with van der Waals surface area (Å²) in [5.74, 6) is -0.0677. The number of para-hydroxylation sites is 2. The van der Waals surface area contributed by atoms with Crippen molar-refractivity contribution in [1.29, 1.82) is 0 Å². The lowest BCUT2D eigenvalue weighted by molar-refractivity contribution is -0.124. The molecule has 196 valence electrons. The molecular weight excluding hydrogens is 482 g/mol. The molecule has 5 rings (SSSR count). The molecule has 39 heavy (non-hydrogen) atoms. The van der Waals surface area contributed by atoms with Gasteiger partial charge in [0.1, 0.15) is 6.04 Å². The molecule has 1 atom stereocenters. The van der Waals surface area contributed by atoms with Crippen molar-refractivity contribution in [3.05, 3.63) is 132 Å². The van der Waals surface area contributed by atoms with Crippen LogP contribution in [0.25, 0.3) is 10.9 Å². The Kier molecular flexibility index (Phi) is 8.18. The zero-order valence-electron chi connectivity index (χ0n) is 22.1. The van der Waals surface area contributed by atoms with Crippen molar-refractivity contribution in [2.24, 2.45) is 4.99 Å². The molecule has 0 aliphatic rings. The first-order valence-electron chi connectivity index (χ1n) is 13.5. The first-order valence-corrected chi connectivity index (χ1v) is 13.5. The zero-order chi connectivity index (χ0) is 27.0. The number of nitrogens with zero attached hydrogens (tertiary/aromatic N) is 2. The quantitative estimate of drug-likeness (QED) is 0.188. The summed E-state index contributed by atoms with van der Waals surface area (Å²) in [6, 6.07) is 36.8. The van der Waals surface area contributed by atoms with Gasteiger partial charge in [-0.05, 0) is 30.2 Å². The predicted molar refractivity (Wildman–Crippen MR) is 159 cm³/mol. The van der Waals surface area contributed by atoms with Gasteiger partial charge < -0.3 is 10.4 Å². The summed E-state index contributed by atoms with van der Waals surface area (Å²) < 4.78 is 1.80. The lowest BCUT2D eigenvalue weighted by Crippen LogP contribution is -2.32. The average molecular weight is 516 g/mol. The van der Waals surface area contributed by atoms with Gasteiger partial charge in [0.05, 0.1) is 22.5 Å². The highest BCUT2D eigenvalue weighted by Crippen LogP contribution is 2.38. The minimum absolute atomic E-state index is 0.0469. The molecule has 0 aliphatic heterocycles. The summed E-state index contributed by atoms with van der Waals surface area (Å²) in [5, 5.41) is 15.9. The molecule has 0 saturated heterocycles. The molecule has 1 amide bonds. The number of benzene rings is 4. The highest BCUT2D eigenvalue weighted by atomic mass is 16.3. The van der Waals surface area contributed by atoms with Crippen molar-refractivity contribution >= 4 is 28.2 Å². The van der Waals surface area contributed by atoms with Crippen molar-refractivity contribution in [2.45, 2.75) is 38.8 Å². The smallest absolute Gasteiger partial charge is 0.243 e. The van der Waals surface area contributed by atoms with Crippen molar-refractivity contribution in [1.82, 2.24) is 9.88 Å². The zero-order valence-corrected chi connectivity index (χ0v) is 22.1. The fraction of sp³-hybridized carbons (Fsp3) is 0.176. The molecule has 5 heteroatoms. The highest BCUT2D eigenvalue weighted by molar-refractivity contribution is 6.22. The van der Waals surface area contributed by atoms with Gasteiger partial charge in [-0.1, -0.05) is 117 Å². The van der Waals surface area contributed by atoms with Gasteiger partial charge in [0, 0.05) is 17.5 Å². The summed E-state index contributed by atoms with van der Waals surface area (Å²) in [6.45, 7) is 2.54. The number of carbonyl (C=O) groups is 1. The molecule has 0 fully saturated rings. The van der Waals surface area contributed by atoms with E-state index in [1.165, 1.54) is 0 Å². The topological polar surface area (TPSA) is 66.6 Å². The maximum atomic E-state index is 13.7. The third-order valence-corrected chi connectivity index (χ3v) is 6.92. The van der Waals surface area contributed by atoms with Crippen LogP contribution in [0.3, 0.4) is 0 Å². The summed E-state index contributed by atoms with van der Waals surface area (Å²) in [7, 11) is 0. The largest absolute Gasteiger partial charge is 0.494 e. The van der Waals surface area contributed by atoms with E-state index >= 15 is 0 Å². The number of carbonyl (C=O) groups excluding carboxylic acids is 1. The number of hydrogen-bond donors (Lipinski definition) is 2. The minimum Gasteiger partial charge on any atom is -0.494 e. The summed E-state index contributed by atoms with van der Waals surface area (Å²) in [5.41, 5.74) is 4.79. The second-order valence-corrected chi connectivity index (χ2v) is 9.61. The first kappa shape index (κ1) is 26.0. The Balaban J connectivity index is 1.65. The molecule has 0 radical (unpaired) electrons. The standard InChI is InChI=1S/C34H33N3O2/c1-2-3-22-30(33(38)35-24-25-15-7-4-8-16-25)37-29-23-14-13-21-28(29)31(34(37)39)32(26-17-9-5-10-18-26)36-27-19-11-6-12-20-27/h4-21,23,30,39H,2-3,22,24H2,1H3,(H,35,38). The minimum atomic E-state index is -0.568. The molecule has 0 bridgehead atoms. The Morgan fingerprint density at radius 1 is 0.846 bits per heavy atom. The van der Waals surface area contributed by atoms with Gasteiger partial charge in [-0.2, -0.15) is 0 Å². The SMILES string of the molecule is CCCCC(C(=O)NCc1ccccc1)n1c(O)c(C(=Nc2ccccc2)c2ccccc2)c2ccccc21. The summed E-state index contributed by atoms with van der Waals surface area (Å²) in [4.78, 5) is 18.7. The molecule has 1 aromatic heterocycles. The van der Waals surface area contributed by atoms with E-state index in [1.54, 1.807) is 4.57 Å². The fourth-order valence-corrected chi connectivity index (χ4v) is 4.97. The van der Waals surface area contributed by atoms with Crippen LogP contribution in [0, 0.1) is 0 Å². The molecular formula is C34H33N3O2. The number of fused-ring (bicyclic) bond motifs is 1. The van der Waals surface area contributed by atoms with E-state index in [-0.39, 0.29) is 11.8 Å². The van der Waals surface area contributed by atoms with E-state index in [1.807, 2.05) is 115 Å². The number of aromatic nitrogens is 1. The molecule has 1 heterocycles. The third kappa shape index (κ3) is 5.78. The van der Waals surface area contributed by atoms with E-state index in [0.717, 1.165) is 40.6 Å². The molecule has 0 saturated carbocycles. The van der Waals surface area contributed by atoms with Crippen molar-refractivity contribution in [2.75, 3.05) is 0 Å². The number of aliphatic imine (C=N–C) groups is 1. The summed E-state index contributed by atoms with van der Waals surface area (Å²) >= 11 is 0. The van der Waals surface area contributed by atoms with Crippen LogP contribution in [0.1, 0.15) is 48.9 Å². The Labute approximate surface area is 229 Å². The van der Waals surface area contributed by atoms with Gasteiger partial charge >= 0.3 is 0 Å². The van der Waals surface area contributed by atoms with E-state index < -0.39 is 6.04 Å². The van der Waals surface area contributed by atoms with Crippen LogP contribution in [0.2, 0.25) is 0 Å². The summed E-state index contributed by atoms with van der Waals surface area (Å²) in [6.07, 6.45) is 2.41. The van der Waals surface area contributed by atoms with Crippen molar-refractivity contribution < 1.29 is 9.90 Å². The number of unbranched alkanes of at least 4 members (excludes halogenated alkanes) is 1. The molecule has 4 aromatic carbocycles. The van der Waals surface area contributed by atoms with Crippen LogP contribution in [-0.4, -0.2) is 21.3 Å². The van der Waals surface area contributed by atoms with Crippen LogP contribution in [0.4, 0.5) is 5.69 Å². The maximum Gasteiger partial charge on any atom is 0.243 e. The van der Waals surface area contributed by atoms with Gasteiger partial charge in [0.15, 0.2) is 0 Å². The molecule has 0 spiro atoms. The molecule has 2 N–H and O–H groups in total. The normalized spacial score (nSPS) is 12.4. The Morgan fingerprint density at radius 3 is 2.15 bits per heavy atom. The number of nitrogens with one attached hydrogen (secondary N) is 1. The van der Waals surface area contributed by atoms with Crippen LogP contribution < -0.4 is 5.32 Å². The molecule has 5 nitrogen and oxygen atoms in total. The van der Waals surface area contributed by atoms with Crippen LogP contribution in [0.5, 0.6) is 5.88 Å². The van der Waals surface area contributed by atoms with E-state index in [0.29, 0.717) is 24.2 Å². The first-order chi connectivity index (χ1) is 19.2. The Morgan fingerprint density at radius 2 is 1.46 bits per heavy atom. The molecule has 1 unspecified atom stereocenters. The van der Waals surface area contributed by atoms with Crippen LogP contribution in [0.15, 0.2) is 120 Å². The number of amides is 1. The lowest BCUT2D eigenvalue weighted by atomic mass is 10.0. The average Bonchev–Trinajstić information content (AvgIpc) is 3.28. The van der Waals surface area contributed by atoms with E-state index in [4.69, 9.17) is 4.99 Å². The highest BCUT2D eigenvalue weighted by Gasteiger charge is 2.29. The van der Waals surface area contributed by atoms with Gasteiger partial charge in [-0.25, -0.2) is 4.99 Å². The molecule has 5 aromatic rings. The van der Waals surface area contributed by atoms with E-state index in [2.05, 4.69) is 12.2 Å². The van der Waals surface area contributed by atoms with Crippen LogP contribution >= 0.6 is 0 Å². The maximum absolute atomic E-state index is 13.7. The number of hydrogen-bond acceptors (Lipinski definition) is 3. The van der Waals surface area contributed by atoms with Gasteiger partial charge in [-0.15, -0.1) is 0 Å². The third-order valence-electron chi connectivity index (χ3n) is 6.92. The Bertz CT molecular complexity index is 1560. The predicted octanol–water partition coefficient (Wildman–Crippen LogP) is 7.56. The Hall–Kier alpha value is -4.64. The number of aromatic hydroxyl groups is 1. The van der Waals surface area contributed by atoms with Crippen molar-refractivity contribution in [3.63, 3.8) is 0 Å². The van der Waals surface area contributed by atoms with Crippen LogP contribution in [-0.2, 0) is 11.3 Å². The monoisotopic (exact) mass is 515 g/mol. The fourth-order valence-electron chi connectivity index (χ4n) is 4.97. The van der Waals surface area contributed by atoms with Gasteiger partial charge in [0.2, 0.25) is 11.8 Å². The van der Waals surface area contributed by atoms with Crippen molar-refractivity contribution in [3.8, 4) is 5.88 Å². The lowest BCUT2D eigenvalue weighted by Gasteiger charge is -2.21. The second-order valence-electron chi connectivity index (χ2n) is 9.61. The van der Waals surface area contributed by atoms with Gasteiger partial charge in [0.25, 0.3) is 0 Å². The number of rotatable bonds is 10. The van der Waals surface area contributed by atoms with Gasteiger partial charge in [-0.3, -0.25) is 9.36 Å². The second kappa shape index (κ2) is 12.3. The molecule has 0 aliphatic carbocycles. The van der Waals surface area contributed by atoms with E-state index in [9.17, 15) is 9.90 Å².